The first-order valence-electron chi connectivity index (χ1n) is 9.81. The summed E-state index contributed by atoms with van der Waals surface area (Å²) < 4.78 is 19.2. The summed E-state index contributed by atoms with van der Waals surface area (Å²) in [5, 5.41) is 4.83. The van der Waals surface area contributed by atoms with Crippen LogP contribution in [0.4, 0.5) is 0 Å². The number of hydrogen-bond acceptors (Lipinski definition) is 4. The van der Waals surface area contributed by atoms with Gasteiger partial charge in [0, 0.05) is 12.0 Å². The Labute approximate surface area is 165 Å². The molecule has 1 saturated heterocycles. The number of benzene rings is 2. The number of para-hydroxylation sites is 1. The molecule has 0 saturated carbocycles. The molecule has 0 aliphatic carbocycles. The van der Waals surface area contributed by atoms with Gasteiger partial charge in [0.15, 0.2) is 17.8 Å². The highest BCUT2D eigenvalue weighted by molar-refractivity contribution is 5.67. The lowest BCUT2D eigenvalue weighted by molar-refractivity contribution is -0.0402. The van der Waals surface area contributed by atoms with Gasteiger partial charge in [0.25, 0.3) is 0 Å². The number of aryl methyl sites for hydroxylation is 2. The lowest BCUT2D eigenvalue weighted by Gasteiger charge is -2.17. The Balaban J connectivity index is 1.78. The van der Waals surface area contributed by atoms with E-state index >= 15 is 0 Å². The average molecular weight is 378 g/mol. The fraction of sp³-hybridized carbons (Fsp3) is 0.348. The summed E-state index contributed by atoms with van der Waals surface area (Å²) in [5.74, 6) is 1.40. The van der Waals surface area contributed by atoms with Crippen molar-refractivity contribution in [2.45, 2.75) is 39.4 Å². The summed E-state index contributed by atoms with van der Waals surface area (Å²) in [5.41, 5.74) is 5.37. The highest BCUT2D eigenvalue weighted by atomic mass is 16.7. The van der Waals surface area contributed by atoms with E-state index in [4.69, 9.17) is 19.3 Å². The quantitative estimate of drug-likeness (QED) is 0.610. The van der Waals surface area contributed by atoms with Gasteiger partial charge in [-0.3, -0.25) is 0 Å². The summed E-state index contributed by atoms with van der Waals surface area (Å²) in [4.78, 5) is 0. The molecular weight excluding hydrogens is 352 g/mol. The second kappa shape index (κ2) is 8.07. The fourth-order valence-corrected chi connectivity index (χ4v) is 3.50. The van der Waals surface area contributed by atoms with Crippen molar-refractivity contribution in [3.8, 4) is 28.4 Å². The minimum absolute atomic E-state index is 0.211. The van der Waals surface area contributed by atoms with Crippen LogP contribution in [-0.4, -0.2) is 29.8 Å². The van der Waals surface area contributed by atoms with Crippen LogP contribution < -0.4 is 9.47 Å². The normalized spacial score (nSPS) is 16.3. The van der Waals surface area contributed by atoms with Crippen molar-refractivity contribution < 1.29 is 14.2 Å². The smallest absolute Gasteiger partial charge is 0.200 e. The predicted molar refractivity (Wildman–Crippen MR) is 109 cm³/mol. The first-order valence-corrected chi connectivity index (χ1v) is 9.81. The first kappa shape index (κ1) is 18.6. The zero-order valence-corrected chi connectivity index (χ0v) is 16.6. The highest BCUT2D eigenvalue weighted by Crippen LogP contribution is 2.35. The first-order chi connectivity index (χ1) is 13.7. The Morgan fingerprint density at radius 3 is 2.71 bits per heavy atom. The lowest BCUT2D eigenvalue weighted by atomic mass is 10.1. The van der Waals surface area contributed by atoms with Crippen molar-refractivity contribution in [3.63, 3.8) is 0 Å². The third-order valence-electron chi connectivity index (χ3n) is 5.07. The Morgan fingerprint density at radius 2 is 2.00 bits per heavy atom. The van der Waals surface area contributed by atoms with Gasteiger partial charge in [0.1, 0.15) is 0 Å². The van der Waals surface area contributed by atoms with Crippen molar-refractivity contribution in [1.29, 1.82) is 0 Å². The molecule has 1 unspecified atom stereocenters. The van der Waals surface area contributed by atoms with Crippen molar-refractivity contribution >= 4 is 0 Å². The minimum atomic E-state index is -0.211. The zero-order valence-electron chi connectivity index (χ0n) is 16.6. The second-order valence-electron chi connectivity index (χ2n) is 7.00. The molecule has 2 heterocycles. The molecule has 1 fully saturated rings. The van der Waals surface area contributed by atoms with E-state index in [1.165, 1.54) is 5.56 Å². The molecule has 1 aliphatic rings. The number of rotatable bonds is 6. The van der Waals surface area contributed by atoms with Crippen LogP contribution >= 0.6 is 0 Å². The molecule has 146 valence electrons. The summed E-state index contributed by atoms with van der Waals surface area (Å²) >= 11 is 0. The molecule has 1 aromatic heterocycles. The molecule has 0 amide bonds. The van der Waals surface area contributed by atoms with Crippen LogP contribution in [0, 0.1) is 6.92 Å². The molecule has 0 N–H and O–H groups in total. The summed E-state index contributed by atoms with van der Waals surface area (Å²) in [6.07, 6.45) is 2.58. The number of aromatic nitrogens is 2. The average Bonchev–Trinajstić information content (AvgIpc) is 3.38. The monoisotopic (exact) mass is 378 g/mol. The van der Waals surface area contributed by atoms with Crippen LogP contribution in [-0.2, 0) is 11.2 Å². The SMILES string of the molecule is CCc1cc(-c2ccc(OC)c(OC3CCCO3)c2)n(-c2ccccc2C)n1. The zero-order chi connectivity index (χ0) is 19.5. The molecule has 0 radical (unpaired) electrons. The molecule has 0 spiro atoms. The van der Waals surface area contributed by atoms with E-state index in [1.54, 1.807) is 7.11 Å². The molecule has 4 rings (SSSR count). The summed E-state index contributed by atoms with van der Waals surface area (Å²) in [6.45, 7) is 4.97. The van der Waals surface area contributed by atoms with E-state index in [9.17, 15) is 0 Å². The van der Waals surface area contributed by atoms with Crippen molar-refractivity contribution in [3.05, 3.63) is 59.8 Å². The predicted octanol–water partition coefficient (Wildman–Crippen LogP) is 4.93. The number of hydrogen-bond donors (Lipinski definition) is 0. The van der Waals surface area contributed by atoms with Crippen LogP contribution in [0.3, 0.4) is 0 Å². The molecule has 5 heteroatoms. The van der Waals surface area contributed by atoms with Gasteiger partial charge in [-0.05, 0) is 55.7 Å². The van der Waals surface area contributed by atoms with Crippen LogP contribution in [0.5, 0.6) is 11.5 Å². The van der Waals surface area contributed by atoms with Gasteiger partial charge in [-0.2, -0.15) is 5.10 Å². The molecule has 3 aromatic rings. The topological polar surface area (TPSA) is 45.5 Å². The van der Waals surface area contributed by atoms with Crippen molar-refractivity contribution in [2.75, 3.05) is 13.7 Å². The highest BCUT2D eigenvalue weighted by Gasteiger charge is 2.20. The van der Waals surface area contributed by atoms with E-state index in [0.717, 1.165) is 48.5 Å². The maximum Gasteiger partial charge on any atom is 0.200 e. The van der Waals surface area contributed by atoms with Crippen molar-refractivity contribution in [2.24, 2.45) is 0 Å². The van der Waals surface area contributed by atoms with Gasteiger partial charge in [-0.25, -0.2) is 4.68 Å². The molecule has 28 heavy (non-hydrogen) atoms. The third kappa shape index (κ3) is 3.62. The van der Waals surface area contributed by atoms with Gasteiger partial charge in [0.2, 0.25) is 0 Å². The van der Waals surface area contributed by atoms with E-state index in [2.05, 4.69) is 32.0 Å². The summed E-state index contributed by atoms with van der Waals surface area (Å²) in [6, 6.07) is 16.4. The second-order valence-corrected chi connectivity index (χ2v) is 7.00. The molecule has 5 nitrogen and oxygen atoms in total. The number of methoxy groups -OCH3 is 1. The summed E-state index contributed by atoms with van der Waals surface area (Å²) in [7, 11) is 1.66. The number of ether oxygens (including phenoxy) is 3. The van der Waals surface area contributed by atoms with Gasteiger partial charge in [0.05, 0.1) is 30.8 Å². The van der Waals surface area contributed by atoms with E-state index in [-0.39, 0.29) is 6.29 Å². The van der Waals surface area contributed by atoms with E-state index in [1.807, 2.05) is 35.0 Å². The molecular formula is C23H26N2O3. The maximum absolute atomic E-state index is 6.09. The molecule has 0 bridgehead atoms. The maximum atomic E-state index is 6.09. The third-order valence-corrected chi connectivity index (χ3v) is 5.07. The largest absolute Gasteiger partial charge is 0.493 e. The Morgan fingerprint density at radius 1 is 1.14 bits per heavy atom. The molecule has 1 aliphatic heterocycles. The van der Waals surface area contributed by atoms with Crippen molar-refractivity contribution in [1.82, 2.24) is 9.78 Å². The van der Waals surface area contributed by atoms with E-state index in [0.29, 0.717) is 11.5 Å². The minimum Gasteiger partial charge on any atom is -0.493 e. The molecule has 2 aromatic carbocycles. The van der Waals surface area contributed by atoms with E-state index < -0.39 is 0 Å². The molecule has 1 atom stereocenters. The van der Waals surface area contributed by atoms with Gasteiger partial charge in [-0.1, -0.05) is 25.1 Å². The van der Waals surface area contributed by atoms with Crippen LogP contribution in [0.25, 0.3) is 16.9 Å². The van der Waals surface area contributed by atoms with Crippen LogP contribution in [0.15, 0.2) is 48.5 Å². The Kier molecular flexibility index (Phi) is 5.35. The van der Waals surface area contributed by atoms with Gasteiger partial charge in [-0.15, -0.1) is 0 Å². The Bertz CT molecular complexity index is 958. The lowest BCUT2D eigenvalue weighted by Crippen LogP contribution is -2.14. The number of nitrogens with zero attached hydrogens (tertiary/aromatic N) is 2. The fourth-order valence-electron chi connectivity index (χ4n) is 3.50. The van der Waals surface area contributed by atoms with Crippen LogP contribution in [0.1, 0.15) is 31.0 Å². The van der Waals surface area contributed by atoms with Crippen LogP contribution in [0.2, 0.25) is 0 Å². The Hall–Kier alpha value is -2.79. The van der Waals surface area contributed by atoms with Gasteiger partial charge >= 0.3 is 0 Å². The van der Waals surface area contributed by atoms with Gasteiger partial charge < -0.3 is 14.2 Å². The standard InChI is InChI=1S/C23H26N2O3/c1-4-18-15-20(25(24-18)19-9-6-5-8-16(19)2)17-11-12-21(26-3)22(14-17)28-23-10-7-13-27-23/h5-6,8-9,11-12,14-15,23H,4,7,10,13H2,1-3H3.